The molecular weight excluding hydrogens is 356 g/mol. The molecule has 0 saturated carbocycles. The molecule has 0 spiro atoms. The smallest absolute Gasteiger partial charge is 0.192 e. The number of benzene rings is 1. The third-order valence-corrected chi connectivity index (χ3v) is 5.14. The van der Waals surface area contributed by atoms with E-state index in [4.69, 9.17) is 4.99 Å². The Morgan fingerprint density at radius 2 is 2.07 bits per heavy atom. The molecule has 0 saturated heterocycles. The molecule has 0 bridgehead atoms. The molecule has 2 heterocycles. The predicted octanol–water partition coefficient (Wildman–Crippen LogP) is 3.40. The number of rotatable bonds is 8. The summed E-state index contributed by atoms with van der Waals surface area (Å²) in [6.07, 6.45) is 2.66. The first-order valence-corrected chi connectivity index (χ1v) is 10.1. The van der Waals surface area contributed by atoms with Crippen molar-refractivity contribution in [1.29, 1.82) is 0 Å². The predicted molar refractivity (Wildman–Crippen MR) is 111 cm³/mol. The van der Waals surface area contributed by atoms with Crippen molar-refractivity contribution in [3.05, 3.63) is 70.4 Å². The Hall–Kier alpha value is -2.67. The van der Waals surface area contributed by atoms with E-state index in [0.717, 1.165) is 31.3 Å². The monoisotopic (exact) mass is 382 g/mol. The molecule has 0 fully saturated rings. The second-order valence-electron chi connectivity index (χ2n) is 6.24. The molecule has 2 aromatic heterocycles. The van der Waals surface area contributed by atoms with Crippen molar-refractivity contribution in [3.8, 4) is 0 Å². The van der Waals surface area contributed by atoms with E-state index in [0.29, 0.717) is 6.54 Å². The van der Waals surface area contributed by atoms with E-state index in [1.807, 2.05) is 6.07 Å². The van der Waals surface area contributed by atoms with Crippen LogP contribution in [0.1, 0.15) is 36.2 Å². The SMILES string of the molecule is CCc1nncn1CCNC(=NCc1cccs1)NC(C)c1ccccc1. The first kappa shape index (κ1) is 19.1. The lowest BCUT2D eigenvalue weighted by Gasteiger charge is -2.19. The van der Waals surface area contributed by atoms with Gasteiger partial charge in [-0.2, -0.15) is 0 Å². The van der Waals surface area contributed by atoms with Crippen molar-refractivity contribution in [2.45, 2.75) is 39.4 Å². The number of hydrogen-bond acceptors (Lipinski definition) is 4. The minimum absolute atomic E-state index is 0.168. The molecule has 1 atom stereocenters. The Morgan fingerprint density at radius 3 is 2.81 bits per heavy atom. The molecule has 2 N–H and O–H groups in total. The number of thiophene rings is 1. The van der Waals surface area contributed by atoms with Crippen LogP contribution in [0.2, 0.25) is 0 Å². The van der Waals surface area contributed by atoms with Gasteiger partial charge >= 0.3 is 0 Å². The van der Waals surface area contributed by atoms with Crippen molar-refractivity contribution in [1.82, 2.24) is 25.4 Å². The summed E-state index contributed by atoms with van der Waals surface area (Å²) < 4.78 is 2.07. The van der Waals surface area contributed by atoms with Crippen molar-refractivity contribution in [3.63, 3.8) is 0 Å². The average Bonchev–Trinajstić information content (AvgIpc) is 3.38. The Balaban J connectivity index is 1.62. The zero-order valence-corrected chi connectivity index (χ0v) is 16.6. The highest BCUT2D eigenvalue weighted by atomic mass is 32.1. The van der Waals surface area contributed by atoms with E-state index in [1.165, 1.54) is 10.4 Å². The lowest BCUT2D eigenvalue weighted by molar-refractivity contribution is 0.619. The second kappa shape index (κ2) is 9.87. The van der Waals surface area contributed by atoms with E-state index in [-0.39, 0.29) is 6.04 Å². The molecular formula is C20H26N6S. The zero-order valence-electron chi connectivity index (χ0n) is 15.8. The number of aryl methyl sites for hydroxylation is 1. The normalized spacial score (nSPS) is 12.7. The standard InChI is InChI=1S/C20H26N6S/c1-3-19-25-23-15-26(19)12-11-21-20(22-14-18-10-7-13-27-18)24-16(2)17-8-5-4-6-9-17/h4-10,13,15-16H,3,11-12,14H2,1-2H3,(H2,21,22,24). The Bertz CT molecular complexity index is 825. The molecule has 27 heavy (non-hydrogen) atoms. The Kier molecular flexibility index (Phi) is 6.98. The molecule has 0 aliphatic carbocycles. The van der Waals surface area contributed by atoms with Crippen LogP contribution in [0.4, 0.5) is 0 Å². The summed E-state index contributed by atoms with van der Waals surface area (Å²) in [4.78, 5) is 6.00. The minimum Gasteiger partial charge on any atom is -0.355 e. The summed E-state index contributed by atoms with van der Waals surface area (Å²) in [5.41, 5.74) is 1.23. The number of nitrogens with zero attached hydrogens (tertiary/aromatic N) is 4. The largest absolute Gasteiger partial charge is 0.355 e. The van der Waals surface area contributed by atoms with E-state index in [2.05, 4.69) is 81.0 Å². The molecule has 3 rings (SSSR count). The summed E-state index contributed by atoms with van der Waals surface area (Å²) in [6, 6.07) is 14.7. The second-order valence-corrected chi connectivity index (χ2v) is 7.27. The quantitative estimate of drug-likeness (QED) is 0.463. The van der Waals surface area contributed by atoms with Crippen LogP contribution in [0.25, 0.3) is 0 Å². The highest BCUT2D eigenvalue weighted by molar-refractivity contribution is 7.09. The van der Waals surface area contributed by atoms with Crippen LogP contribution >= 0.6 is 11.3 Å². The van der Waals surface area contributed by atoms with Gasteiger partial charge in [-0.15, -0.1) is 21.5 Å². The average molecular weight is 383 g/mol. The van der Waals surface area contributed by atoms with Crippen LogP contribution in [-0.2, 0) is 19.5 Å². The fraction of sp³-hybridized carbons (Fsp3) is 0.350. The number of nitrogens with one attached hydrogen (secondary N) is 2. The van der Waals surface area contributed by atoms with Crippen LogP contribution in [0.5, 0.6) is 0 Å². The van der Waals surface area contributed by atoms with Crippen molar-refractivity contribution in [2.24, 2.45) is 4.99 Å². The van der Waals surface area contributed by atoms with Gasteiger partial charge in [0.1, 0.15) is 12.2 Å². The molecule has 1 unspecified atom stereocenters. The summed E-state index contributed by atoms with van der Waals surface area (Å²) in [6.45, 7) is 6.46. The van der Waals surface area contributed by atoms with Gasteiger partial charge in [-0.05, 0) is 23.9 Å². The van der Waals surface area contributed by atoms with E-state index in [1.54, 1.807) is 17.7 Å². The van der Waals surface area contributed by atoms with Gasteiger partial charge in [0, 0.05) is 24.4 Å². The van der Waals surface area contributed by atoms with Gasteiger partial charge in [0.2, 0.25) is 0 Å². The number of aliphatic imine (C=N–C) groups is 1. The molecule has 142 valence electrons. The van der Waals surface area contributed by atoms with Crippen LogP contribution in [-0.4, -0.2) is 27.3 Å². The molecule has 0 amide bonds. The van der Waals surface area contributed by atoms with Gasteiger partial charge in [0.05, 0.1) is 12.6 Å². The number of hydrogen-bond donors (Lipinski definition) is 2. The van der Waals surface area contributed by atoms with Gasteiger partial charge in [-0.1, -0.05) is 43.3 Å². The van der Waals surface area contributed by atoms with Crippen molar-refractivity contribution < 1.29 is 0 Å². The summed E-state index contributed by atoms with van der Waals surface area (Å²) >= 11 is 1.72. The fourth-order valence-electron chi connectivity index (χ4n) is 2.78. The molecule has 3 aromatic rings. The van der Waals surface area contributed by atoms with E-state index in [9.17, 15) is 0 Å². The Labute approximate surface area is 164 Å². The van der Waals surface area contributed by atoms with Crippen LogP contribution in [0, 0.1) is 0 Å². The van der Waals surface area contributed by atoms with Crippen LogP contribution in [0.15, 0.2) is 59.2 Å². The van der Waals surface area contributed by atoms with E-state index >= 15 is 0 Å². The van der Waals surface area contributed by atoms with Gasteiger partial charge in [0.25, 0.3) is 0 Å². The lowest BCUT2D eigenvalue weighted by atomic mass is 10.1. The fourth-order valence-corrected chi connectivity index (χ4v) is 3.40. The molecule has 7 heteroatoms. The van der Waals surface area contributed by atoms with Crippen LogP contribution in [0.3, 0.4) is 0 Å². The third kappa shape index (κ3) is 5.65. The van der Waals surface area contributed by atoms with Gasteiger partial charge < -0.3 is 15.2 Å². The first-order chi connectivity index (χ1) is 13.3. The molecule has 0 aliphatic heterocycles. The summed E-state index contributed by atoms with van der Waals surface area (Å²) in [7, 11) is 0. The first-order valence-electron chi connectivity index (χ1n) is 9.25. The topological polar surface area (TPSA) is 67.1 Å². The molecule has 0 aliphatic rings. The maximum absolute atomic E-state index is 4.76. The number of guanidine groups is 1. The maximum atomic E-state index is 4.76. The van der Waals surface area contributed by atoms with Gasteiger partial charge in [0.15, 0.2) is 5.96 Å². The highest BCUT2D eigenvalue weighted by Gasteiger charge is 2.08. The van der Waals surface area contributed by atoms with Crippen molar-refractivity contribution in [2.75, 3.05) is 6.54 Å². The van der Waals surface area contributed by atoms with Gasteiger partial charge in [-0.3, -0.25) is 0 Å². The molecule has 0 radical (unpaired) electrons. The van der Waals surface area contributed by atoms with E-state index < -0.39 is 0 Å². The number of aromatic nitrogens is 3. The summed E-state index contributed by atoms with van der Waals surface area (Å²) in [5.74, 6) is 1.81. The molecule has 1 aromatic carbocycles. The highest BCUT2D eigenvalue weighted by Crippen LogP contribution is 2.12. The third-order valence-electron chi connectivity index (χ3n) is 4.28. The van der Waals surface area contributed by atoms with Crippen LogP contribution < -0.4 is 10.6 Å². The van der Waals surface area contributed by atoms with Crippen molar-refractivity contribution >= 4 is 17.3 Å². The summed E-state index contributed by atoms with van der Waals surface area (Å²) in [5, 5.41) is 17.1. The zero-order chi connectivity index (χ0) is 18.9. The maximum Gasteiger partial charge on any atom is 0.192 e. The Morgan fingerprint density at radius 1 is 1.22 bits per heavy atom. The minimum atomic E-state index is 0.168. The lowest BCUT2D eigenvalue weighted by Crippen LogP contribution is -2.40. The molecule has 6 nitrogen and oxygen atoms in total. The van der Waals surface area contributed by atoms with Gasteiger partial charge in [-0.25, -0.2) is 4.99 Å².